The van der Waals surface area contributed by atoms with Crippen LogP contribution < -0.4 is 5.73 Å². The first-order valence-corrected chi connectivity index (χ1v) is 7.90. The van der Waals surface area contributed by atoms with Gasteiger partial charge >= 0.3 is 0 Å². The molecule has 0 unspecified atom stereocenters. The Hall–Kier alpha value is -1.20. The lowest BCUT2D eigenvalue weighted by atomic mass is 9.70. The zero-order chi connectivity index (χ0) is 14.4. The van der Waals surface area contributed by atoms with Crippen LogP contribution in [-0.4, -0.2) is 17.1 Å². The smallest absolute Gasteiger partial charge is 0.164 e. The molecule has 0 bridgehead atoms. The quantitative estimate of drug-likeness (QED) is 0.916. The standard InChI is InChI=1S/C15H21N3OS/c1-14(2)5-7-15(19-3,8-6-14)13-17-11(16)10-4-9-20-12(10)18-13/h4,9H,5-8H2,1-3H3,(H2,16,17,18). The molecule has 1 fully saturated rings. The minimum Gasteiger partial charge on any atom is -0.383 e. The van der Waals surface area contributed by atoms with Crippen molar-refractivity contribution in [2.45, 2.75) is 45.1 Å². The fourth-order valence-corrected chi connectivity index (χ4v) is 3.70. The maximum Gasteiger partial charge on any atom is 0.164 e. The van der Waals surface area contributed by atoms with Gasteiger partial charge in [-0.2, -0.15) is 0 Å². The van der Waals surface area contributed by atoms with Crippen molar-refractivity contribution in [3.63, 3.8) is 0 Å². The number of anilines is 1. The highest BCUT2D eigenvalue weighted by atomic mass is 32.1. The van der Waals surface area contributed by atoms with Crippen LogP contribution in [0.25, 0.3) is 10.2 Å². The van der Waals surface area contributed by atoms with Gasteiger partial charge in [-0.3, -0.25) is 0 Å². The number of thiophene rings is 1. The fraction of sp³-hybridized carbons (Fsp3) is 0.600. The van der Waals surface area contributed by atoms with Gasteiger partial charge in [0.05, 0.1) is 5.39 Å². The molecule has 20 heavy (non-hydrogen) atoms. The van der Waals surface area contributed by atoms with Gasteiger partial charge in [0.1, 0.15) is 16.2 Å². The van der Waals surface area contributed by atoms with Crippen LogP contribution in [0, 0.1) is 5.41 Å². The second-order valence-corrected chi connectivity index (χ2v) is 7.33. The van der Waals surface area contributed by atoms with E-state index in [0.29, 0.717) is 11.2 Å². The summed E-state index contributed by atoms with van der Waals surface area (Å²) in [6, 6.07) is 1.97. The second kappa shape index (κ2) is 4.67. The molecule has 0 aromatic carbocycles. The number of nitrogen functional groups attached to an aromatic ring is 1. The molecule has 1 saturated carbocycles. The molecule has 0 aliphatic heterocycles. The second-order valence-electron chi connectivity index (χ2n) is 6.43. The Kier molecular flexibility index (Phi) is 3.21. The van der Waals surface area contributed by atoms with E-state index >= 15 is 0 Å². The van der Waals surface area contributed by atoms with E-state index in [1.165, 1.54) is 0 Å². The van der Waals surface area contributed by atoms with E-state index < -0.39 is 0 Å². The normalized spacial score (nSPS) is 21.1. The SMILES string of the molecule is COC1(c2nc(N)c3ccsc3n2)CCC(C)(C)CC1. The summed E-state index contributed by atoms with van der Waals surface area (Å²) in [6.45, 7) is 4.62. The van der Waals surface area contributed by atoms with Crippen molar-refractivity contribution in [2.75, 3.05) is 12.8 Å². The third-order valence-corrected chi connectivity index (χ3v) is 5.37. The lowest BCUT2D eigenvalue weighted by Gasteiger charge is -2.41. The Morgan fingerprint density at radius 1 is 1.20 bits per heavy atom. The lowest BCUT2D eigenvalue weighted by molar-refractivity contribution is -0.0725. The Labute approximate surface area is 123 Å². The molecule has 0 radical (unpaired) electrons. The minimum absolute atomic E-state index is 0.373. The number of hydrogen-bond acceptors (Lipinski definition) is 5. The molecule has 1 aliphatic rings. The Balaban J connectivity index is 2.03. The Bertz CT molecular complexity index is 625. The number of fused-ring (bicyclic) bond motifs is 1. The number of ether oxygens (including phenoxy) is 1. The summed E-state index contributed by atoms with van der Waals surface area (Å²) >= 11 is 1.60. The van der Waals surface area contributed by atoms with Crippen LogP contribution in [0.2, 0.25) is 0 Å². The van der Waals surface area contributed by atoms with E-state index in [2.05, 4.69) is 18.8 Å². The van der Waals surface area contributed by atoms with E-state index in [0.717, 1.165) is 41.7 Å². The van der Waals surface area contributed by atoms with Gasteiger partial charge in [-0.05, 0) is 42.5 Å². The molecule has 1 aliphatic carbocycles. The molecule has 2 aromatic rings. The van der Waals surface area contributed by atoms with Crippen molar-refractivity contribution in [3.05, 3.63) is 17.3 Å². The summed E-state index contributed by atoms with van der Waals surface area (Å²) in [7, 11) is 1.76. The highest BCUT2D eigenvalue weighted by Gasteiger charge is 2.42. The summed E-state index contributed by atoms with van der Waals surface area (Å²) < 4.78 is 5.86. The van der Waals surface area contributed by atoms with Gasteiger partial charge < -0.3 is 10.5 Å². The Morgan fingerprint density at radius 3 is 2.55 bits per heavy atom. The molecular weight excluding hydrogens is 270 g/mol. The van der Waals surface area contributed by atoms with Gasteiger partial charge in [-0.1, -0.05) is 13.8 Å². The molecule has 2 aromatic heterocycles. The highest BCUT2D eigenvalue weighted by Crippen LogP contribution is 2.46. The van der Waals surface area contributed by atoms with Crippen molar-refractivity contribution in [1.82, 2.24) is 9.97 Å². The molecular formula is C15H21N3OS. The molecule has 2 heterocycles. The largest absolute Gasteiger partial charge is 0.383 e. The number of methoxy groups -OCH3 is 1. The maximum absolute atomic E-state index is 6.08. The first-order valence-electron chi connectivity index (χ1n) is 7.02. The average molecular weight is 291 g/mol. The summed E-state index contributed by atoms with van der Waals surface area (Å²) in [5.74, 6) is 1.32. The zero-order valence-corrected chi connectivity index (χ0v) is 13.1. The molecule has 3 rings (SSSR count). The van der Waals surface area contributed by atoms with E-state index in [-0.39, 0.29) is 5.60 Å². The van der Waals surface area contributed by atoms with Gasteiger partial charge in [0, 0.05) is 7.11 Å². The van der Waals surface area contributed by atoms with Crippen LogP contribution in [0.5, 0.6) is 0 Å². The first-order chi connectivity index (χ1) is 9.46. The summed E-state index contributed by atoms with van der Waals surface area (Å²) in [5, 5.41) is 2.95. The van der Waals surface area contributed by atoms with E-state index in [1.54, 1.807) is 18.4 Å². The molecule has 5 heteroatoms. The van der Waals surface area contributed by atoms with Crippen LogP contribution in [0.4, 0.5) is 5.82 Å². The molecule has 4 nitrogen and oxygen atoms in total. The van der Waals surface area contributed by atoms with Crippen molar-refractivity contribution < 1.29 is 4.74 Å². The molecule has 0 amide bonds. The van der Waals surface area contributed by atoms with Gasteiger partial charge in [0.2, 0.25) is 0 Å². The predicted octanol–water partition coefficient (Wildman–Crippen LogP) is 3.72. The number of hydrogen-bond donors (Lipinski definition) is 1. The Morgan fingerprint density at radius 2 is 1.90 bits per heavy atom. The summed E-state index contributed by atoms with van der Waals surface area (Å²) in [5.41, 5.74) is 6.08. The summed E-state index contributed by atoms with van der Waals surface area (Å²) in [6.07, 6.45) is 4.14. The van der Waals surface area contributed by atoms with Crippen molar-refractivity contribution in [3.8, 4) is 0 Å². The van der Waals surface area contributed by atoms with E-state index in [1.807, 2.05) is 11.4 Å². The molecule has 0 saturated heterocycles. The third-order valence-electron chi connectivity index (χ3n) is 4.56. The number of nitrogens with two attached hydrogens (primary N) is 1. The third kappa shape index (κ3) is 2.19. The van der Waals surface area contributed by atoms with Crippen LogP contribution >= 0.6 is 11.3 Å². The van der Waals surface area contributed by atoms with Gasteiger partial charge in [-0.25, -0.2) is 9.97 Å². The summed E-state index contributed by atoms with van der Waals surface area (Å²) in [4.78, 5) is 10.2. The highest BCUT2D eigenvalue weighted by molar-refractivity contribution is 7.16. The fourth-order valence-electron chi connectivity index (χ4n) is 2.93. The van der Waals surface area contributed by atoms with Crippen LogP contribution in [0.1, 0.15) is 45.4 Å². The first kappa shape index (κ1) is 13.8. The lowest BCUT2D eigenvalue weighted by Crippen LogP contribution is -2.38. The number of rotatable bonds is 2. The van der Waals surface area contributed by atoms with E-state index in [9.17, 15) is 0 Å². The maximum atomic E-state index is 6.08. The molecule has 0 spiro atoms. The van der Waals surface area contributed by atoms with Crippen molar-refractivity contribution in [2.24, 2.45) is 5.41 Å². The molecule has 108 valence electrons. The zero-order valence-electron chi connectivity index (χ0n) is 12.3. The predicted molar refractivity (Wildman–Crippen MR) is 82.8 cm³/mol. The molecule has 2 N–H and O–H groups in total. The number of nitrogens with zero attached hydrogens (tertiary/aromatic N) is 2. The van der Waals surface area contributed by atoms with Crippen LogP contribution in [-0.2, 0) is 10.3 Å². The van der Waals surface area contributed by atoms with Gasteiger partial charge in [0.15, 0.2) is 5.82 Å². The average Bonchev–Trinajstić information content (AvgIpc) is 2.88. The van der Waals surface area contributed by atoms with Crippen molar-refractivity contribution >= 4 is 27.4 Å². The van der Waals surface area contributed by atoms with E-state index in [4.69, 9.17) is 15.5 Å². The minimum atomic E-state index is -0.373. The monoisotopic (exact) mass is 291 g/mol. The number of aromatic nitrogens is 2. The van der Waals surface area contributed by atoms with Gasteiger partial charge in [-0.15, -0.1) is 11.3 Å². The van der Waals surface area contributed by atoms with Crippen molar-refractivity contribution in [1.29, 1.82) is 0 Å². The topological polar surface area (TPSA) is 61.0 Å². The van der Waals surface area contributed by atoms with Crippen LogP contribution in [0.3, 0.4) is 0 Å². The van der Waals surface area contributed by atoms with Crippen LogP contribution in [0.15, 0.2) is 11.4 Å². The van der Waals surface area contributed by atoms with Gasteiger partial charge in [0.25, 0.3) is 0 Å². The molecule has 0 atom stereocenters.